The number of rotatable bonds is 7. The molecule has 1 N–H and O–H groups in total. The van der Waals surface area contributed by atoms with E-state index < -0.39 is 10.2 Å². The van der Waals surface area contributed by atoms with Crippen molar-refractivity contribution >= 4 is 29.0 Å². The molecule has 0 unspecified atom stereocenters. The highest BCUT2D eigenvalue weighted by Gasteiger charge is 2.23. The number of amides is 1. The molecule has 0 saturated carbocycles. The van der Waals surface area contributed by atoms with Crippen molar-refractivity contribution < 1.29 is 14.1 Å². The highest BCUT2D eigenvalue weighted by molar-refractivity contribution is 8.00. The quantitative estimate of drug-likeness (QED) is 0.362. The zero-order chi connectivity index (χ0) is 20.3. The molecule has 0 spiro atoms. The zero-order valence-electron chi connectivity index (χ0n) is 15.6. The van der Waals surface area contributed by atoms with Crippen molar-refractivity contribution in [1.82, 2.24) is 14.8 Å². The normalized spacial score (nSPS) is 12.0. The van der Waals surface area contributed by atoms with Gasteiger partial charge in [0.25, 0.3) is 5.69 Å². The standard InChI is InChI=1S/C18H19N5O4S/c1-4-22-16(13-9-10-27-11(13)2)20-21-18(22)28-12(3)17(24)19-14-7-5-6-8-15(14)23(25)26/h5-10,12H,4H2,1-3H3,(H,19,24)/t12-/m0/s1. The molecule has 0 aliphatic carbocycles. The predicted octanol–water partition coefficient (Wildman–Crippen LogP) is 3.89. The Morgan fingerprint density at radius 3 is 2.75 bits per heavy atom. The molecule has 146 valence electrons. The molecular formula is C18H19N5O4S. The Bertz CT molecular complexity index is 1010. The third kappa shape index (κ3) is 3.91. The van der Waals surface area contributed by atoms with E-state index in [1.165, 1.54) is 23.9 Å². The number of anilines is 1. The Hall–Kier alpha value is -3.14. The van der Waals surface area contributed by atoms with E-state index in [2.05, 4.69) is 15.5 Å². The lowest BCUT2D eigenvalue weighted by atomic mass is 10.2. The second-order valence-corrected chi connectivity index (χ2v) is 7.27. The van der Waals surface area contributed by atoms with Crippen LogP contribution < -0.4 is 5.32 Å². The monoisotopic (exact) mass is 401 g/mol. The Labute approximate surface area is 165 Å². The number of para-hydroxylation sites is 2. The molecular weight excluding hydrogens is 382 g/mol. The van der Waals surface area contributed by atoms with E-state index in [4.69, 9.17) is 4.42 Å². The number of nitro benzene ring substituents is 1. The summed E-state index contributed by atoms with van der Waals surface area (Å²) in [5.41, 5.74) is 0.859. The fourth-order valence-corrected chi connectivity index (χ4v) is 3.57. The van der Waals surface area contributed by atoms with Crippen LogP contribution in [0.3, 0.4) is 0 Å². The first kappa shape index (κ1) is 19.6. The first-order chi connectivity index (χ1) is 13.4. The topological polar surface area (TPSA) is 116 Å². The molecule has 1 amide bonds. The highest BCUT2D eigenvalue weighted by atomic mass is 32.2. The third-order valence-electron chi connectivity index (χ3n) is 4.14. The first-order valence-corrected chi connectivity index (χ1v) is 9.49. The number of aryl methyl sites for hydroxylation is 1. The number of aromatic nitrogens is 3. The molecule has 2 aromatic heterocycles. The number of thioether (sulfide) groups is 1. The van der Waals surface area contributed by atoms with Gasteiger partial charge < -0.3 is 14.3 Å². The second kappa shape index (κ2) is 8.26. The molecule has 0 saturated heterocycles. The van der Waals surface area contributed by atoms with E-state index in [-0.39, 0.29) is 17.3 Å². The van der Waals surface area contributed by atoms with Crippen molar-refractivity contribution in [2.24, 2.45) is 0 Å². The van der Waals surface area contributed by atoms with Gasteiger partial charge >= 0.3 is 0 Å². The van der Waals surface area contributed by atoms with Crippen LogP contribution in [0.2, 0.25) is 0 Å². The number of hydrogen-bond acceptors (Lipinski definition) is 7. The van der Waals surface area contributed by atoms with Crippen LogP contribution in [0.25, 0.3) is 11.4 Å². The Kier molecular flexibility index (Phi) is 5.78. The lowest BCUT2D eigenvalue weighted by Crippen LogP contribution is -2.23. The van der Waals surface area contributed by atoms with E-state index in [1.54, 1.807) is 25.3 Å². The molecule has 3 aromatic rings. The Morgan fingerprint density at radius 1 is 1.36 bits per heavy atom. The molecule has 0 radical (unpaired) electrons. The van der Waals surface area contributed by atoms with Crippen LogP contribution in [-0.2, 0) is 11.3 Å². The van der Waals surface area contributed by atoms with Gasteiger partial charge in [0.1, 0.15) is 11.4 Å². The van der Waals surface area contributed by atoms with Crippen LogP contribution in [0.5, 0.6) is 0 Å². The summed E-state index contributed by atoms with van der Waals surface area (Å²) in [6.45, 7) is 6.14. The van der Waals surface area contributed by atoms with Crippen LogP contribution in [0.4, 0.5) is 11.4 Å². The van der Waals surface area contributed by atoms with Gasteiger partial charge in [0.2, 0.25) is 5.91 Å². The van der Waals surface area contributed by atoms with E-state index in [0.29, 0.717) is 17.5 Å². The molecule has 10 heteroatoms. The molecule has 0 aliphatic rings. The number of benzene rings is 1. The minimum absolute atomic E-state index is 0.150. The number of carbonyl (C=O) groups excluding carboxylic acids is 1. The summed E-state index contributed by atoms with van der Waals surface area (Å²) in [6.07, 6.45) is 1.59. The summed E-state index contributed by atoms with van der Waals surface area (Å²) in [4.78, 5) is 23.1. The van der Waals surface area contributed by atoms with Gasteiger partial charge in [0.05, 0.1) is 22.0 Å². The number of furan rings is 1. The van der Waals surface area contributed by atoms with Crippen LogP contribution in [0, 0.1) is 17.0 Å². The molecule has 3 rings (SSSR count). The van der Waals surface area contributed by atoms with E-state index in [1.807, 2.05) is 24.5 Å². The van der Waals surface area contributed by atoms with Crippen LogP contribution >= 0.6 is 11.8 Å². The largest absolute Gasteiger partial charge is 0.469 e. The zero-order valence-corrected chi connectivity index (χ0v) is 16.4. The molecule has 2 heterocycles. The minimum atomic E-state index is -0.535. The number of carbonyl (C=O) groups is 1. The van der Waals surface area contributed by atoms with E-state index in [0.717, 1.165) is 11.3 Å². The lowest BCUT2D eigenvalue weighted by molar-refractivity contribution is -0.383. The number of nitro groups is 1. The van der Waals surface area contributed by atoms with Crippen molar-refractivity contribution in [3.05, 3.63) is 52.5 Å². The van der Waals surface area contributed by atoms with Crippen molar-refractivity contribution in [2.45, 2.75) is 37.7 Å². The first-order valence-electron chi connectivity index (χ1n) is 8.61. The van der Waals surface area contributed by atoms with Crippen LogP contribution in [-0.4, -0.2) is 30.8 Å². The van der Waals surface area contributed by atoms with E-state index in [9.17, 15) is 14.9 Å². The van der Waals surface area contributed by atoms with Crippen LogP contribution in [0.15, 0.2) is 46.2 Å². The third-order valence-corrected chi connectivity index (χ3v) is 5.22. The van der Waals surface area contributed by atoms with Crippen molar-refractivity contribution in [3.63, 3.8) is 0 Å². The molecule has 1 atom stereocenters. The van der Waals surface area contributed by atoms with E-state index >= 15 is 0 Å². The van der Waals surface area contributed by atoms with Gasteiger partial charge in [-0.15, -0.1) is 10.2 Å². The molecule has 1 aromatic carbocycles. The summed E-state index contributed by atoms with van der Waals surface area (Å²) >= 11 is 1.24. The number of hydrogen-bond donors (Lipinski definition) is 1. The van der Waals surface area contributed by atoms with Gasteiger partial charge in [0, 0.05) is 12.6 Å². The van der Waals surface area contributed by atoms with Gasteiger partial charge in [-0.1, -0.05) is 23.9 Å². The summed E-state index contributed by atoms with van der Waals surface area (Å²) in [7, 11) is 0. The smallest absolute Gasteiger partial charge is 0.292 e. The maximum absolute atomic E-state index is 12.6. The van der Waals surface area contributed by atoms with Gasteiger partial charge in [-0.25, -0.2) is 0 Å². The van der Waals surface area contributed by atoms with Gasteiger partial charge in [0.15, 0.2) is 11.0 Å². The number of nitrogens with zero attached hydrogens (tertiary/aromatic N) is 4. The second-order valence-electron chi connectivity index (χ2n) is 5.96. The molecule has 9 nitrogen and oxygen atoms in total. The van der Waals surface area contributed by atoms with Gasteiger partial charge in [-0.2, -0.15) is 0 Å². The average Bonchev–Trinajstić information content (AvgIpc) is 3.27. The summed E-state index contributed by atoms with van der Waals surface area (Å²) in [6, 6.07) is 7.86. The molecule has 0 fully saturated rings. The molecule has 0 aliphatic heterocycles. The lowest BCUT2D eigenvalue weighted by Gasteiger charge is -2.12. The summed E-state index contributed by atoms with van der Waals surface area (Å²) < 4.78 is 7.24. The molecule has 28 heavy (non-hydrogen) atoms. The van der Waals surface area contributed by atoms with Crippen LogP contribution in [0.1, 0.15) is 19.6 Å². The van der Waals surface area contributed by atoms with Crippen molar-refractivity contribution in [3.8, 4) is 11.4 Å². The fourth-order valence-electron chi connectivity index (χ4n) is 2.66. The Morgan fingerprint density at radius 2 is 2.11 bits per heavy atom. The average molecular weight is 401 g/mol. The summed E-state index contributed by atoms with van der Waals surface area (Å²) in [5, 5.41) is 22.2. The molecule has 0 bridgehead atoms. The highest BCUT2D eigenvalue weighted by Crippen LogP contribution is 2.30. The van der Waals surface area contributed by atoms with Gasteiger partial charge in [-0.05, 0) is 32.9 Å². The predicted molar refractivity (Wildman–Crippen MR) is 105 cm³/mol. The summed E-state index contributed by atoms with van der Waals surface area (Å²) in [5.74, 6) is 1.05. The minimum Gasteiger partial charge on any atom is -0.469 e. The number of nitrogens with one attached hydrogen (secondary N) is 1. The Balaban J connectivity index is 1.77. The van der Waals surface area contributed by atoms with Crippen molar-refractivity contribution in [1.29, 1.82) is 0 Å². The fraction of sp³-hybridized carbons (Fsp3) is 0.278. The van der Waals surface area contributed by atoms with Gasteiger partial charge in [-0.3, -0.25) is 14.9 Å². The van der Waals surface area contributed by atoms with Crippen molar-refractivity contribution in [2.75, 3.05) is 5.32 Å². The maximum atomic E-state index is 12.6. The maximum Gasteiger partial charge on any atom is 0.292 e. The SMILES string of the molecule is CCn1c(S[C@@H](C)C(=O)Nc2ccccc2[N+](=O)[O-])nnc1-c1ccoc1C.